The molecule has 0 spiro atoms. The number of nitrogens with one attached hydrogen (secondary N) is 1. The second-order valence-electron chi connectivity index (χ2n) is 5.11. The second-order valence-corrected chi connectivity index (χ2v) is 5.98. The van der Waals surface area contributed by atoms with Crippen molar-refractivity contribution in [2.45, 2.75) is 13.0 Å². The number of fused-ring (bicyclic) bond motifs is 1. The van der Waals surface area contributed by atoms with Crippen LogP contribution in [0, 0.1) is 5.92 Å². The Hall–Kier alpha value is -1.38. The van der Waals surface area contributed by atoms with Crippen LogP contribution in [0.15, 0.2) is 42.5 Å². The Labute approximate surface area is 128 Å². The van der Waals surface area contributed by atoms with Gasteiger partial charge in [-0.3, -0.25) is 0 Å². The number of para-hydroxylation sites is 1. The van der Waals surface area contributed by atoms with Gasteiger partial charge in [-0.1, -0.05) is 48.3 Å². The molecule has 0 saturated heterocycles. The van der Waals surface area contributed by atoms with E-state index in [1.807, 2.05) is 30.3 Å². The van der Waals surface area contributed by atoms with E-state index in [-0.39, 0.29) is 6.04 Å². The lowest BCUT2D eigenvalue weighted by Crippen LogP contribution is -2.28. The molecule has 0 aliphatic carbocycles. The molecule has 2 nitrogen and oxygen atoms in total. The van der Waals surface area contributed by atoms with Gasteiger partial charge in [0.1, 0.15) is 5.75 Å². The van der Waals surface area contributed by atoms with Crippen LogP contribution >= 0.6 is 23.2 Å². The molecule has 1 N–H and O–H groups in total. The van der Waals surface area contributed by atoms with E-state index >= 15 is 0 Å². The Morgan fingerprint density at radius 1 is 1.10 bits per heavy atom. The van der Waals surface area contributed by atoms with Crippen molar-refractivity contribution in [3.8, 4) is 5.75 Å². The summed E-state index contributed by atoms with van der Waals surface area (Å²) in [6, 6.07) is 13.8. The lowest BCUT2D eigenvalue weighted by Gasteiger charge is -2.32. The molecule has 1 heterocycles. The van der Waals surface area contributed by atoms with Crippen molar-refractivity contribution in [3.63, 3.8) is 0 Å². The quantitative estimate of drug-likeness (QED) is 0.826. The summed E-state index contributed by atoms with van der Waals surface area (Å²) in [7, 11) is 0. The van der Waals surface area contributed by atoms with Gasteiger partial charge in [-0.25, -0.2) is 0 Å². The molecule has 0 bridgehead atoms. The first-order valence-electron chi connectivity index (χ1n) is 6.58. The van der Waals surface area contributed by atoms with E-state index < -0.39 is 0 Å². The van der Waals surface area contributed by atoms with Crippen LogP contribution in [0.4, 0.5) is 5.69 Å². The minimum absolute atomic E-state index is 0.189. The maximum absolute atomic E-state index is 6.06. The summed E-state index contributed by atoms with van der Waals surface area (Å²) >= 11 is 12.1. The summed E-state index contributed by atoms with van der Waals surface area (Å²) in [5, 5.41) is 4.78. The zero-order valence-corrected chi connectivity index (χ0v) is 12.6. The van der Waals surface area contributed by atoms with E-state index in [0.29, 0.717) is 22.6 Å². The molecule has 0 radical (unpaired) electrons. The van der Waals surface area contributed by atoms with Crippen LogP contribution in [0.2, 0.25) is 10.0 Å². The van der Waals surface area contributed by atoms with Gasteiger partial charge in [-0.05, 0) is 24.3 Å². The molecule has 0 amide bonds. The highest BCUT2D eigenvalue weighted by Crippen LogP contribution is 2.38. The summed E-state index contributed by atoms with van der Waals surface area (Å²) in [6.45, 7) is 2.86. The van der Waals surface area contributed by atoms with Crippen molar-refractivity contribution in [2.75, 3.05) is 11.9 Å². The molecule has 0 aromatic heterocycles. The van der Waals surface area contributed by atoms with E-state index in [1.165, 1.54) is 5.56 Å². The van der Waals surface area contributed by atoms with Gasteiger partial charge in [0.2, 0.25) is 0 Å². The first kappa shape index (κ1) is 13.6. The topological polar surface area (TPSA) is 21.3 Å². The van der Waals surface area contributed by atoms with Crippen molar-refractivity contribution >= 4 is 28.9 Å². The molecule has 2 unspecified atom stereocenters. The Kier molecular flexibility index (Phi) is 3.77. The fourth-order valence-electron chi connectivity index (χ4n) is 2.53. The molecule has 2 atom stereocenters. The molecule has 1 aliphatic heterocycles. The Balaban J connectivity index is 1.93. The van der Waals surface area contributed by atoms with Crippen LogP contribution in [0.25, 0.3) is 0 Å². The zero-order chi connectivity index (χ0) is 14.1. The van der Waals surface area contributed by atoms with Gasteiger partial charge in [0.05, 0.1) is 12.6 Å². The average molecular weight is 308 g/mol. The van der Waals surface area contributed by atoms with Gasteiger partial charge < -0.3 is 10.1 Å². The highest BCUT2D eigenvalue weighted by atomic mass is 35.5. The van der Waals surface area contributed by atoms with E-state index in [2.05, 4.69) is 18.3 Å². The maximum Gasteiger partial charge on any atom is 0.124 e. The van der Waals surface area contributed by atoms with Gasteiger partial charge in [-0.15, -0.1) is 0 Å². The fraction of sp³-hybridized carbons (Fsp3) is 0.250. The first-order valence-corrected chi connectivity index (χ1v) is 7.33. The van der Waals surface area contributed by atoms with Crippen molar-refractivity contribution in [3.05, 3.63) is 58.1 Å². The number of ether oxygens (including phenoxy) is 1. The van der Waals surface area contributed by atoms with Crippen LogP contribution in [0.5, 0.6) is 5.75 Å². The molecule has 2 aromatic carbocycles. The molecular weight excluding hydrogens is 293 g/mol. The average Bonchev–Trinajstić information content (AvgIpc) is 2.41. The number of hydrogen-bond acceptors (Lipinski definition) is 2. The third kappa shape index (κ3) is 2.72. The molecule has 1 aliphatic rings. The van der Waals surface area contributed by atoms with Gasteiger partial charge >= 0.3 is 0 Å². The summed E-state index contributed by atoms with van der Waals surface area (Å²) in [6.07, 6.45) is 0. The van der Waals surface area contributed by atoms with E-state index in [9.17, 15) is 0 Å². The van der Waals surface area contributed by atoms with Crippen LogP contribution < -0.4 is 10.1 Å². The van der Waals surface area contributed by atoms with Crippen molar-refractivity contribution in [2.24, 2.45) is 5.92 Å². The second kappa shape index (κ2) is 5.55. The molecule has 20 heavy (non-hydrogen) atoms. The van der Waals surface area contributed by atoms with Crippen molar-refractivity contribution in [1.82, 2.24) is 0 Å². The minimum atomic E-state index is 0.189. The maximum atomic E-state index is 6.06. The van der Waals surface area contributed by atoms with Gasteiger partial charge in [0, 0.05) is 27.2 Å². The molecular formula is C16H15Cl2NO. The SMILES string of the molecule is CC1COc2ccccc2C1Nc1cc(Cl)cc(Cl)c1. The third-order valence-electron chi connectivity index (χ3n) is 3.51. The fourth-order valence-corrected chi connectivity index (χ4v) is 3.06. The minimum Gasteiger partial charge on any atom is -0.493 e. The van der Waals surface area contributed by atoms with Crippen LogP contribution in [-0.4, -0.2) is 6.61 Å². The number of halogens is 2. The summed E-state index contributed by atoms with van der Waals surface area (Å²) in [4.78, 5) is 0. The molecule has 0 saturated carbocycles. The highest BCUT2D eigenvalue weighted by molar-refractivity contribution is 6.35. The monoisotopic (exact) mass is 307 g/mol. The Morgan fingerprint density at radius 3 is 2.55 bits per heavy atom. The lowest BCUT2D eigenvalue weighted by molar-refractivity contribution is 0.214. The first-order chi connectivity index (χ1) is 9.63. The standard InChI is InChI=1S/C16H15Cl2NO/c1-10-9-20-15-5-3-2-4-14(15)16(10)19-13-7-11(17)6-12(18)8-13/h2-8,10,16,19H,9H2,1H3. The van der Waals surface area contributed by atoms with Crippen LogP contribution in [0.1, 0.15) is 18.5 Å². The highest BCUT2D eigenvalue weighted by Gasteiger charge is 2.27. The van der Waals surface area contributed by atoms with E-state index in [1.54, 1.807) is 6.07 Å². The summed E-state index contributed by atoms with van der Waals surface area (Å²) < 4.78 is 5.76. The lowest BCUT2D eigenvalue weighted by atomic mass is 9.92. The van der Waals surface area contributed by atoms with Gasteiger partial charge in [0.15, 0.2) is 0 Å². The Morgan fingerprint density at radius 2 is 1.80 bits per heavy atom. The van der Waals surface area contributed by atoms with Crippen molar-refractivity contribution < 1.29 is 4.74 Å². The molecule has 0 fully saturated rings. The predicted molar refractivity (Wildman–Crippen MR) is 83.9 cm³/mol. The zero-order valence-electron chi connectivity index (χ0n) is 11.1. The summed E-state index contributed by atoms with van der Waals surface area (Å²) in [5.41, 5.74) is 2.10. The largest absolute Gasteiger partial charge is 0.493 e. The predicted octanol–water partition coefficient (Wildman–Crippen LogP) is 5.18. The number of rotatable bonds is 2. The van der Waals surface area contributed by atoms with E-state index in [0.717, 1.165) is 11.4 Å². The number of anilines is 1. The van der Waals surface area contributed by atoms with Crippen LogP contribution in [0.3, 0.4) is 0 Å². The number of hydrogen-bond donors (Lipinski definition) is 1. The van der Waals surface area contributed by atoms with Crippen LogP contribution in [-0.2, 0) is 0 Å². The van der Waals surface area contributed by atoms with E-state index in [4.69, 9.17) is 27.9 Å². The smallest absolute Gasteiger partial charge is 0.124 e. The molecule has 3 rings (SSSR count). The molecule has 4 heteroatoms. The molecule has 104 valence electrons. The number of benzene rings is 2. The van der Waals surface area contributed by atoms with Gasteiger partial charge in [0.25, 0.3) is 0 Å². The molecule has 2 aromatic rings. The van der Waals surface area contributed by atoms with Crippen molar-refractivity contribution in [1.29, 1.82) is 0 Å². The normalized spacial score (nSPS) is 20.9. The Bertz CT molecular complexity index is 609. The van der Waals surface area contributed by atoms with Gasteiger partial charge in [-0.2, -0.15) is 0 Å². The third-order valence-corrected chi connectivity index (χ3v) is 3.95. The summed E-state index contributed by atoms with van der Waals surface area (Å²) in [5.74, 6) is 1.30.